The Kier molecular flexibility index (Phi) is 6.45. The van der Waals surface area contributed by atoms with Crippen LogP contribution in [0.25, 0.3) is 16.7 Å². The summed E-state index contributed by atoms with van der Waals surface area (Å²) in [5.41, 5.74) is 4.45. The first-order chi connectivity index (χ1) is 16.6. The highest BCUT2D eigenvalue weighted by Crippen LogP contribution is 2.24. The second-order valence-corrected chi connectivity index (χ2v) is 9.08. The number of aliphatic hydroxyl groups is 1. The number of nitrogens with zero attached hydrogens (tertiary/aromatic N) is 4. The molecular formula is C27H31N5O2. The number of pyridine rings is 1. The van der Waals surface area contributed by atoms with E-state index in [9.17, 15) is 9.90 Å². The molecule has 1 aliphatic rings. The number of rotatable bonds is 6. The number of benzene rings is 1. The van der Waals surface area contributed by atoms with Gasteiger partial charge in [0.25, 0.3) is 5.91 Å². The Bertz CT molecular complexity index is 1260. The topological polar surface area (TPSA) is 85.0 Å². The largest absolute Gasteiger partial charge is 0.391 e. The van der Waals surface area contributed by atoms with Crippen LogP contribution in [0.1, 0.15) is 60.6 Å². The highest BCUT2D eigenvalue weighted by molar-refractivity contribution is 5.95. The Hall–Kier alpha value is -3.45. The van der Waals surface area contributed by atoms with Gasteiger partial charge in [-0.25, -0.2) is 9.67 Å². The molecule has 3 aromatic heterocycles. The molecule has 2 N–H and O–H groups in total. The summed E-state index contributed by atoms with van der Waals surface area (Å²) in [7, 11) is 0. The molecule has 3 heterocycles. The lowest BCUT2D eigenvalue weighted by Crippen LogP contribution is -2.43. The Morgan fingerprint density at radius 1 is 1.12 bits per heavy atom. The minimum atomic E-state index is -0.498. The maximum atomic E-state index is 13.2. The van der Waals surface area contributed by atoms with Crippen LogP contribution >= 0.6 is 0 Å². The molecule has 5 rings (SSSR count). The molecule has 1 amide bonds. The molecule has 4 aromatic rings. The molecule has 1 aromatic carbocycles. The molecule has 0 radical (unpaired) electrons. The number of carbonyl (C=O) groups excluding carboxylic acids is 1. The maximum Gasteiger partial charge on any atom is 0.270 e. The van der Waals surface area contributed by atoms with Crippen molar-refractivity contribution in [3.8, 4) is 5.69 Å². The van der Waals surface area contributed by atoms with Gasteiger partial charge in [-0.1, -0.05) is 31.4 Å². The first kappa shape index (κ1) is 22.3. The number of hydrogen-bond donors (Lipinski definition) is 2. The molecule has 0 saturated heterocycles. The minimum absolute atomic E-state index is 0.216. The van der Waals surface area contributed by atoms with Crippen molar-refractivity contribution >= 4 is 16.9 Å². The third-order valence-corrected chi connectivity index (χ3v) is 6.79. The molecule has 0 unspecified atom stereocenters. The van der Waals surface area contributed by atoms with E-state index in [0.717, 1.165) is 66.5 Å². The van der Waals surface area contributed by atoms with Crippen molar-refractivity contribution in [2.75, 3.05) is 0 Å². The fourth-order valence-electron chi connectivity index (χ4n) is 4.85. The zero-order valence-corrected chi connectivity index (χ0v) is 19.5. The van der Waals surface area contributed by atoms with Crippen LogP contribution in [-0.2, 0) is 13.0 Å². The van der Waals surface area contributed by atoms with Gasteiger partial charge in [-0.3, -0.25) is 4.79 Å². The quantitative estimate of drug-likeness (QED) is 0.424. The molecule has 0 bridgehead atoms. The fraction of sp³-hybridized carbons (Fsp3) is 0.370. The zero-order chi connectivity index (χ0) is 23.5. The van der Waals surface area contributed by atoms with Gasteiger partial charge in [-0.05, 0) is 67.6 Å². The number of aliphatic hydroxyl groups excluding tert-OH is 1. The molecule has 7 heteroatoms. The van der Waals surface area contributed by atoms with Crippen LogP contribution in [0.4, 0.5) is 0 Å². The number of hydrogen-bond acceptors (Lipinski definition) is 4. The van der Waals surface area contributed by atoms with E-state index >= 15 is 0 Å². The lowest BCUT2D eigenvalue weighted by Gasteiger charge is -2.21. The van der Waals surface area contributed by atoms with Crippen LogP contribution in [-0.4, -0.2) is 42.5 Å². The molecular weight excluding hydrogens is 426 g/mol. The Labute approximate surface area is 199 Å². The molecule has 7 nitrogen and oxygen atoms in total. The Morgan fingerprint density at radius 2 is 1.94 bits per heavy atom. The molecule has 176 valence electrons. The SMILES string of the molecule is CCn1ccc2c(Cc3ccc(-n4cccn4)cc3)cc(C(=O)N[C@H]3CCCCC[C@@H]3O)nc21. The number of carbonyl (C=O) groups is 1. The van der Waals surface area contributed by atoms with Crippen LogP contribution in [0.3, 0.4) is 0 Å². The third kappa shape index (κ3) is 4.61. The van der Waals surface area contributed by atoms with Gasteiger partial charge in [-0.15, -0.1) is 0 Å². The summed E-state index contributed by atoms with van der Waals surface area (Å²) in [6, 6.07) is 14.0. The van der Waals surface area contributed by atoms with E-state index in [1.54, 1.807) is 6.20 Å². The van der Waals surface area contributed by atoms with E-state index in [1.807, 2.05) is 29.2 Å². The number of nitrogens with one attached hydrogen (secondary N) is 1. The van der Waals surface area contributed by atoms with Gasteiger partial charge in [0.2, 0.25) is 0 Å². The first-order valence-corrected chi connectivity index (χ1v) is 12.2. The van der Waals surface area contributed by atoms with Gasteiger partial charge >= 0.3 is 0 Å². The fourth-order valence-corrected chi connectivity index (χ4v) is 4.85. The van der Waals surface area contributed by atoms with Crippen LogP contribution < -0.4 is 5.32 Å². The van der Waals surface area contributed by atoms with Gasteiger partial charge < -0.3 is 15.0 Å². The number of amides is 1. The normalized spacial score (nSPS) is 18.6. The second-order valence-electron chi connectivity index (χ2n) is 9.08. The van der Waals surface area contributed by atoms with Crippen molar-refractivity contribution in [3.05, 3.63) is 77.9 Å². The smallest absolute Gasteiger partial charge is 0.270 e. The van der Waals surface area contributed by atoms with Crippen molar-refractivity contribution in [1.29, 1.82) is 0 Å². The molecule has 0 aliphatic heterocycles. The van der Waals surface area contributed by atoms with E-state index in [1.165, 1.54) is 0 Å². The van der Waals surface area contributed by atoms with E-state index in [4.69, 9.17) is 4.98 Å². The van der Waals surface area contributed by atoms with Crippen LogP contribution in [0.15, 0.2) is 61.1 Å². The summed E-state index contributed by atoms with van der Waals surface area (Å²) >= 11 is 0. The summed E-state index contributed by atoms with van der Waals surface area (Å²) < 4.78 is 3.90. The minimum Gasteiger partial charge on any atom is -0.391 e. The summed E-state index contributed by atoms with van der Waals surface area (Å²) in [6.07, 6.45) is 10.6. The average Bonchev–Trinajstić information content (AvgIpc) is 3.49. The maximum absolute atomic E-state index is 13.2. The summed E-state index contributed by atoms with van der Waals surface area (Å²) in [5.74, 6) is -0.216. The standard InChI is InChI=1S/C27H31N5O2/c1-2-31-16-13-22-20(17-19-9-11-21(12-10-19)32-15-6-14-28-32)18-24(29-26(22)31)27(34)30-23-7-4-3-5-8-25(23)33/h6,9-16,18,23,25,33H,2-5,7-8,17H2,1H3,(H,30,34)/t23-,25-/m0/s1. The first-order valence-electron chi connectivity index (χ1n) is 12.2. The predicted octanol–water partition coefficient (Wildman–Crippen LogP) is 4.26. The van der Waals surface area contributed by atoms with Crippen molar-refractivity contribution in [2.24, 2.45) is 0 Å². The van der Waals surface area contributed by atoms with Crippen LogP contribution in [0.5, 0.6) is 0 Å². The Balaban J connectivity index is 1.44. The zero-order valence-electron chi connectivity index (χ0n) is 19.5. The number of fused-ring (bicyclic) bond motifs is 1. The van der Waals surface area contributed by atoms with E-state index in [2.05, 4.69) is 52.2 Å². The van der Waals surface area contributed by atoms with Gasteiger partial charge in [-0.2, -0.15) is 5.10 Å². The molecule has 34 heavy (non-hydrogen) atoms. The lowest BCUT2D eigenvalue weighted by atomic mass is 10.0. The van der Waals surface area contributed by atoms with Gasteiger partial charge in [0, 0.05) is 30.5 Å². The molecule has 0 spiro atoms. The highest BCUT2D eigenvalue weighted by atomic mass is 16.3. The highest BCUT2D eigenvalue weighted by Gasteiger charge is 2.25. The van der Waals surface area contributed by atoms with Crippen molar-refractivity contribution in [3.63, 3.8) is 0 Å². The van der Waals surface area contributed by atoms with Crippen molar-refractivity contribution in [1.82, 2.24) is 24.6 Å². The Morgan fingerprint density at radius 3 is 2.71 bits per heavy atom. The van der Waals surface area contributed by atoms with E-state index in [-0.39, 0.29) is 11.9 Å². The van der Waals surface area contributed by atoms with Crippen LogP contribution in [0, 0.1) is 0 Å². The predicted molar refractivity (Wildman–Crippen MR) is 132 cm³/mol. The molecule has 1 aliphatic carbocycles. The van der Waals surface area contributed by atoms with Crippen molar-refractivity contribution < 1.29 is 9.90 Å². The number of aromatic nitrogens is 4. The number of aryl methyl sites for hydroxylation is 1. The van der Waals surface area contributed by atoms with Gasteiger partial charge in [0.1, 0.15) is 11.3 Å². The van der Waals surface area contributed by atoms with Gasteiger partial charge in [0.15, 0.2) is 0 Å². The average molecular weight is 458 g/mol. The third-order valence-electron chi connectivity index (χ3n) is 6.79. The monoisotopic (exact) mass is 457 g/mol. The lowest BCUT2D eigenvalue weighted by molar-refractivity contribution is 0.0814. The summed E-state index contributed by atoms with van der Waals surface area (Å²) in [4.78, 5) is 17.9. The van der Waals surface area contributed by atoms with E-state index in [0.29, 0.717) is 12.1 Å². The molecule has 2 atom stereocenters. The summed E-state index contributed by atoms with van der Waals surface area (Å²) in [6.45, 7) is 2.85. The molecule has 1 fully saturated rings. The van der Waals surface area contributed by atoms with E-state index < -0.39 is 6.10 Å². The van der Waals surface area contributed by atoms with Crippen LogP contribution in [0.2, 0.25) is 0 Å². The van der Waals surface area contributed by atoms with Gasteiger partial charge in [0.05, 0.1) is 17.8 Å². The van der Waals surface area contributed by atoms with Crippen molar-refractivity contribution in [2.45, 2.75) is 64.1 Å². The second kappa shape index (κ2) is 9.81. The summed E-state index contributed by atoms with van der Waals surface area (Å²) in [5, 5.41) is 18.9. The molecule has 1 saturated carbocycles.